The predicted octanol–water partition coefficient (Wildman–Crippen LogP) is 2.43. The molecule has 0 radical (unpaired) electrons. The van der Waals surface area contributed by atoms with E-state index >= 15 is 0 Å². The summed E-state index contributed by atoms with van der Waals surface area (Å²) in [7, 11) is 3.50. The molecule has 0 aliphatic heterocycles. The lowest BCUT2D eigenvalue weighted by molar-refractivity contribution is -0.276. The van der Waals surface area contributed by atoms with E-state index in [0.29, 0.717) is 11.8 Å². The van der Waals surface area contributed by atoms with E-state index < -0.39 is 0 Å². The first-order chi connectivity index (χ1) is 5.67. The number of rotatable bonds is 2. The van der Waals surface area contributed by atoms with Crippen LogP contribution < -0.4 is 0 Å². The summed E-state index contributed by atoms with van der Waals surface area (Å²) in [4.78, 5) is 0. The van der Waals surface area contributed by atoms with E-state index in [0.717, 1.165) is 0 Å². The standard InChI is InChI=1S/C10H20O2/c1-8-6-5-7-9(2)10(8,11-3)12-4/h8-9H,5-7H2,1-4H3/t8-,9+. The molecule has 0 unspecified atom stereocenters. The van der Waals surface area contributed by atoms with Gasteiger partial charge in [0.05, 0.1) is 0 Å². The van der Waals surface area contributed by atoms with Gasteiger partial charge in [0.1, 0.15) is 0 Å². The zero-order chi connectivity index (χ0) is 9.19. The van der Waals surface area contributed by atoms with Crippen molar-refractivity contribution in [1.29, 1.82) is 0 Å². The highest BCUT2D eigenvalue weighted by Crippen LogP contribution is 2.40. The lowest BCUT2D eigenvalue weighted by Gasteiger charge is -2.44. The molecule has 1 aliphatic carbocycles. The van der Waals surface area contributed by atoms with Crippen molar-refractivity contribution in [2.75, 3.05) is 14.2 Å². The van der Waals surface area contributed by atoms with Gasteiger partial charge in [-0.25, -0.2) is 0 Å². The smallest absolute Gasteiger partial charge is 0.172 e. The molecule has 2 atom stereocenters. The molecule has 0 aromatic rings. The largest absolute Gasteiger partial charge is 0.353 e. The number of methoxy groups -OCH3 is 2. The van der Waals surface area contributed by atoms with Gasteiger partial charge in [0, 0.05) is 26.1 Å². The molecule has 72 valence electrons. The van der Waals surface area contributed by atoms with Crippen LogP contribution in [0.5, 0.6) is 0 Å². The van der Waals surface area contributed by atoms with E-state index in [1.54, 1.807) is 14.2 Å². The zero-order valence-corrected chi connectivity index (χ0v) is 8.59. The lowest BCUT2D eigenvalue weighted by atomic mass is 9.77. The first-order valence-electron chi connectivity index (χ1n) is 4.77. The molecule has 0 aromatic heterocycles. The van der Waals surface area contributed by atoms with Gasteiger partial charge in [-0.3, -0.25) is 0 Å². The average molecular weight is 172 g/mol. The van der Waals surface area contributed by atoms with Crippen molar-refractivity contribution in [2.24, 2.45) is 11.8 Å². The van der Waals surface area contributed by atoms with E-state index in [9.17, 15) is 0 Å². The molecule has 0 N–H and O–H groups in total. The molecular weight excluding hydrogens is 152 g/mol. The van der Waals surface area contributed by atoms with Crippen LogP contribution in [0.3, 0.4) is 0 Å². The highest BCUT2D eigenvalue weighted by atomic mass is 16.7. The summed E-state index contributed by atoms with van der Waals surface area (Å²) >= 11 is 0. The van der Waals surface area contributed by atoms with Crippen molar-refractivity contribution >= 4 is 0 Å². The minimum Gasteiger partial charge on any atom is -0.353 e. The molecule has 0 amide bonds. The summed E-state index contributed by atoms with van der Waals surface area (Å²) in [5, 5.41) is 0. The van der Waals surface area contributed by atoms with Gasteiger partial charge in [-0.1, -0.05) is 20.3 Å². The predicted molar refractivity (Wildman–Crippen MR) is 48.9 cm³/mol. The molecule has 0 heterocycles. The van der Waals surface area contributed by atoms with Crippen LogP contribution in [0.15, 0.2) is 0 Å². The summed E-state index contributed by atoms with van der Waals surface area (Å²) in [5.74, 6) is 0.700. The number of hydrogen-bond donors (Lipinski definition) is 0. The van der Waals surface area contributed by atoms with Crippen LogP contribution in [0.1, 0.15) is 33.1 Å². The van der Waals surface area contributed by atoms with Crippen LogP contribution in [-0.4, -0.2) is 20.0 Å². The molecule has 1 fully saturated rings. The third kappa shape index (κ3) is 1.38. The summed E-state index contributed by atoms with van der Waals surface area (Å²) in [5.41, 5.74) is 0. The quantitative estimate of drug-likeness (QED) is 0.596. The minimum atomic E-state index is -0.321. The summed E-state index contributed by atoms with van der Waals surface area (Å²) in [6.45, 7) is 4.42. The van der Waals surface area contributed by atoms with E-state index in [4.69, 9.17) is 9.47 Å². The third-order valence-corrected chi connectivity index (χ3v) is 3.29. The molecule has 1 rings (SSSR count). The van der Waals surface area contributed by atoms with Gasteiger partial charge in [-0.2, -0.15) is 0 Å². The normalized spacial score (nSPS) is 35.0. The summed E-state index contributed by atoms with van der Waals surface area (Å²) in [6, 6.07) is 0. The van der Waals surface area contributed by atoms with Crippen molar-refractivity contribution in [2.45, 2.75) is 38.9 Å². The summed E-state index contributed by atoms with van der Waals surface area (Å²) in [6.07, 6.45) is 3.73. The van der Waals surface area contributed by atoms with Crippen molar-refractivity contribution in [3.05, 3.63) is 0 Å². The second-order valence-corrected chi connectivity index (χ2v) is 3.86. The maximum Gasteiger partial charge on any atom is 0.172 e. The van der Waals surface area contributed by atoms with Crippen LogP contribution in [-0.2, 0) is 9.47 Å². The van der Waals surface area contributed by atoms with Crippen LogP contribution >= 0.6 is 0 Å². The minimum absolute atomic E-state index is 0.321. The Hall–Kier alpha value is -0.0800. The maximum absolute atomic E-state index is 5.53. The van der Waals surface area contributed by atoms with Crippen molar-refractivity contribution in [3.8, 4) is 0 Å². The van der Waals surface area contributed by atoms with E-state index in [1.165, 1.54) is 19.3 Å². The Balaban J connectivity index is 2.77. The molecule has 0 aromatic carbocycles. The van der Waals surface area contributed by atoms with E-state index in [-0.39, 0.29) is 5.79 Å². The molecule has 12 heavy (non-hydrogen) atoms. The van der Waals surface area contributed by atoms with Crippen LogP contribution in [0.4, 0.5) is 0 Å². The Labute approximate surface area is 75.2 Å². The lowest BCUT2D eigenvalue weighted by Crippen LogP contribution is -2.49. The highest BCUT2D eigenvalue weighted by molar-refractivity contribution is 4.86. The van der Waals surface area contributed by atoms with Crippen molar-refractivity contribution in [1.82, 2.24) is 0 Å². The monoisotopic (exact) mass is 172 g/mol. The van der Waals surface area contributed by atoms with Gasteiger partial charge in [-0.05, 0) is 12.8 Å². The fourth-order valence-corrected chi connectivity index (χ4v) is 2.51. The zero-order valence-electron chi connectivity index (χ0n) is 8.59. The molecule has 0 saturated heterocycles. The molecule has 2 nitrogen and oxygen atoms in total. The van der Waals surface area contributed by atoms with Crippen LogP contribution in [0, 0.1) is 11.8 Å². The Morgan fingerprint density at radius 1 is 1.00 bits per heavy atom. The molecule has 2 heteroatoms. The van der Waals surface area contributed by atoms with E-state index in [2.05, 4.69) is 13.8 Å². The highest BCUT2D eigenvalue weighted by Gasteiger charge is 2.44. The van der Waals surface area contributed by atoms with Gasteiger partial charge < -0.3 is 9.47 Å². The third-order valence-electron chi connectivity index (χ3n) is 3.29. The van der Waals surface area contributed by atoms with E-state index in [1.807, 2.05) is 0 Å². The van der Waals surface area contributed by atoms with Crippen molar-refractivity contribution < 1.29 is 9.47 Å². The Morgan fingerprint density at radius 2 is 1.42 bits per heavy atom. The van der Waals surface area contributed by atoms with Crippen LogP contribution in [0.25, 0.3) is 0 Å². The summed E-state index contributed by atoms with van der Waals surface area (Å²) < 4.78 is 11.1. The Kier molecular flexibility index (Phi) is 3.13. The molecule has 0 spiro atoms. The van der Waals surface area contributed by atoms with Gasteiger partial charge in [0.25, 0.3) is 0 Å². The molecule has 1 aliphatic rings. The van der Waals surface area contributed by atoms with Crippen molar-refractivity contribution in [3.63, 3.8) is 0 Å². The molecule has 1 saturated carbocycles. The number of hydrogen-bond acceptors (Lipinski definition) is 2. The van der Waals surface area contributed by atoms with Gasteiger partial charge in [0.2, 0.25) is 0 Å². The second kappa shape index (κ2) is 3.75. The maximum atomic E-state index is 5.53. The van der Waals surface area contributed by atoms with Gasteiger partial charge in [-0.15, -0.1) is 0 Å². The fraction of sp³-hybridized carbons (Fsp3) is 1.00. The van der Waals surface area contributed by atoms with Gasteiger partial charge in [0.15, 0.2) is 5.79 Å². The van der Waals surface area contributed by atoms with Crippen LogP contribution in [0.2, 0.25) is 0 Å². The number of ether oxygens (including phenoxy) is 2. The molecular formula is C10H20O2. The average Bonchev–Trinajstić information content (AvgIpc) is 2.06. The first kappa shape index (κ1) is 10.0. The fourth-order valence-electron chi connectivity index (χ4n) is 2.51. The SMILES string of the molecule is COC1(OC)[C@H](C)CCC[C@@H]1C. The first-order valence-corrected chi connectivity index (χ1v) is 4.77. The Morgan fingerprint density at radius 3 is 1.67 bits per heavy atom. The topological polar surface area (TPSA) is 18.5 Å². The Bertz CT molecular complexity index is 129. The van der Waals surface area contributed by atoms with Gasteiger partial charge >= 0.3 is 0 Å². The second-order valence-electron chi connectivity index (χ2n) is 3.86. The molecule has 0 bridgehead atoms.